The fourth-order valence-corrected chi connectivity index (χ4v) is 2.22. The highest BCUT2D eigenvalue weighted by atomic mass is 16.5. The topological polar surface area (TPSA) is 29.5 Å². The third kappa shape index (κ3) is 3.44. The molecule has 0 aromatic heterocycles. The molecular weight excluding hydrogens is 238 g/mol. The zero-order chi connectivity index (χ0) is 13.8. The van der Waals surface area contributed by atoms with Crippen molar-refractivity contribution in [2.24, 2.45) is 0 Å². The summed E-state index contributed by atoms with van der Waals surface area (Å²) < 4.78 is 5.24. The lowest BCUT2D eigenvalue weighted by molar-refractivity contribution is -0.129. The van der Waals surface area contributed by atoms with Crippen LogP contribution in [0.4, 0.5) is 0 Å². The number of carbonyl (C=O) groups is 1. The molecule has 1 heterocycles. The molecule has 1 fully saturated rings. The number of hydrogen-bond acceptors (Lipinski definition) is 2. The first kappa shape index (κ1) is 13.8. The summed E-state index contributed by atoms with van der Waals surface area (Å²) in [5.74, 6) is 0.0687. The van der Waals surface area contributed by atoms with E-state index in [4.69, 9.17) is 4.74 Å². The predicted octanol–water partition coefficient (Wildman–Crippen LogP) is 2.48. The molecule has 0 radical (unpaired) electrons. The molecule has 0 atom stereocenters. The van der Waals surface area contributed by atoms with Crippen LogP contribution in [0.5, 0.6) is 0 Å². The normalized spacial score (nSPS) is 16.1. The lowest BCUT2D eigenvalue weighted by Crippen LogP contribution is -2.39. The molecule has 0 bridgehead atoms. The highest BCUT2D eigenvalue weighted by Crippen LogP contribution is 2.16. The number of benzene rings is 1. The van der Waals surface area contributed by atoms with E-state index in [0.717, 1.165) is 5.56 Å². The highest BCUT2D eigenvalue weighted by Gasteiger charge is 2.13. The summed E-state index contributed by atoms with van der Waals surface area (Å²) in [5.41, 5.74) is 4.93. The standard InChI is InChI=1S/C16H21NO2/c1-12-10-15(11-13(2)14(12)3)4-5-16(18)17-6-8-19-9-7-17/h4-5,10-11H,6-9H2,1-3H3/b5-4+. The smallest absolute Gasteiger partial charge is 0.246 e. The lowest BCUT2D eigenvalue weighted by Gasteiger charge is -2.25. The molecule has 102 valence electrons. The Morgan fingerprint density at radius 2 is 1.74 bits per heavy atom. The van der Waals surface area contributed by atoms with Crippen LogP contribution in [0.3, 0.4) is 0 Å². The monoisotopic (exact) mass is 259 g/mol. The summed E-state index contributed by atoms with van der Waals surface area (Å²) in [6.07, 6.45) is 3.56. The van der Waals surface area contributed by atoms with Crippen LogP contribution >= 0.6 is 0 Å². The minimum Gasteiger partial charge on any atom is -0.378 e. The molecule has 1 saturated heterocycles. The summed E-state index contributed by atoms with van der Waals surface area (Å²) in [6, 6.07) is 4.23. The van der Waals surface area contributed by atoms with Gasteiger partial charge in [-0.15, -0.1) is 0 Å². The number of aryl methyl sites for hydroxylation is 2. The van der Waals surface area contributed by atoms with E-state index in [1.54, 1.807) is 6.08 Å². The number of hydrogen-bond donors (Lipinski definition) is 0. The SMILES string of the molecule is Cc1cc(/C=C/C(=O)N2CCOCC2)cc(C)c1C. The quantitative estimate of drug-likeness (QED) is 0.764. The average molecular weight is 259 g/mol. The molecule has 1 aliphatic rings. The van der Waals surface area contributed by atoms with Crippen LogP contribution in [-0.2, 0) is 9.53 Å². The minimum absolute atomic E-state index is 0.0687. The molecular formula is C16H21NO2. The molecule has 1 aromatic carbocycles. The van der Waals surface area contributed by atoms with Gasteiger partial charge in [-0.2, -0.15) is 0 Å². The van der Waals surface area contributed by atoms with E-state index in [1.165, 1.54) is 16.7 Å². The molecule has 1 aliphatic heterocycles. The molecule has 0 unspecified atom stereocenters. The second-order valence-corrected chi connectivity index (χ2v) is 5.05. The van der Waals surface area contributed by atoms with Crippen LogP contribution < -0.4 is 0 Å². The van der Waals surface area contributed by atoms with Crippen LogP contribution in [-0.4, -0.2) is 37.1 Å². The summed E-state index contributed by atoms with van der Waals surface area (Å²) in [7, 11) is 0. The van der Waals surface area contributed by atoms with Crippen molar-refractivity contribution in [2.45, 2.75) is 20.8 Å². The first-order valence-corrected chi connectivity index (χ1v) is 6.70. The zero-order valence-corrected chi connectivity index (χ0v) is 11.9. The van der Waals surface area contributed by atoms with Gasteiger partial charge in [-0.3, -0.25) is 4.79 Å². The first-order chi connectivity index (χ1) is 9.08. The van der Waals surface area contributed by atoms with Gasteiger partial charge in [-0.05, 0) is 49.1 Å². The molecule has 3 heteroatoms. The van der Waals surface area contributed by atoms with Gasteiger partial charge < -0.3 is 9.64 Å². The van der Waals surface area contributed by atoms with E-state index in [9.17, 15) is 4.79 Å². The predicted molar refractivity (Wildman–Crippen MR) is 77.1 cm³/mol. The van der Waals surface area contributed by atoms with E-state index in [2.05, 4.69) is 32.9 Å². The second kappa shape index (κ2) is 6.02. The molecule has 0 saturated carbocycles. The Morgan fingerprint density at radius 1 is 1.16 bits per heavy atom. The third-order valence-corrected chi connectivity index (χ3v) is 3.69. The van der Waals surface area contributed by atoms with Crippen LogP contribution in [0.2, 0.25) is 0 Å². The van der Waals surface area contributed by atoms with E-state index < -0.39 is 0 Å². The van der Waals surface area contributed by atoms with Gasteiger partial charge in [0.15, 0.2) is 0 Å². The number of ether oxygens (including phenoxy) is 1. The van der Waals surface area contributed by atoms with Crippen LogP contribution in [0.1, 0.15) is 22.3 Å². The van der Waals surface area contributed by atoms with Gasteiger partial charge in [-0.1, -0.05) is 12.1 Å². The maximum atomic E-state index is 12.0. The molecule has 19 heavy (non-hydrogen) atoms. The van der Waals surface area contributed by atoms with Gasteiger partial charge >= 0.3 is 0 Å². The molecule has 3 nitrogen and oxygen atoms in total. The van der Waals surface area contributed by atoms with E-state index >= 15 is 0 Å². The molecule has 0 N–H and O–H groups in total. The zero-order valence-electron chi connectivity index (χ0n) is 11.9. The Hall–Kier alpha value is -1.61. The van der Waals surface area contributed by atoms with Crippen molar-refractivity contribution in [3.63, 3.8) is 0 Å². The lowest BCUT2D eigenvalue weighted by atomic mass is 10.0. The van der Waals surface area contributed by atoms with Crippen molar-refractivity contribution < 1.29 is 9.53 Å². The van der Waals surface area contributed by atoms with Gasteiger partial charge in [0.05, 0.1) is 13.2 Å². The second-order valence-electron chi connectivity index (χ2n) is 5.05. The van der Waals surface area contributed by atoms with E-state index in [0.29, 0.717) is 26.3 Å². The Morgan fingerprint density at radius 3 is 2.32 bits per heavy atom. The molecule has 0 aliphatic carbocycles. The minimum atomic E-state index is 0.0687. The van der Waals surface area contributed by atoms with Crippen LogP contribution in [0.15, 0.2) is 18.2 Å². The largest absolute Gasteiger partial charge is 0.378 e. The number of amides is 1. The highest BCUT2D eigenvalue weighted by molar-refractivity contribution is 5.91. The number of morpholine rings is 1. The van der Waals surface area contributed by atoms with Crippen molar-refractivity contribution in [3.8, 4) is 0 Å². The Labute approximate surface area is 114 Å². The summed E-state index contributed by atoms with van der Waals surface area (Å²) >= 11 is 0. The Kier molecular flexibility index (Phi) is 4.38. The van der Waals surface area contributed by atoms with Gasteiger partial charge in [0, 0.05) is 19.2 Å². The maximum Gasteiger partial charge on any atom is 0.246 e. The van der Waals surface area contributed by atoms with Crippen LogP contribution in [0.25, 0.3) is 6.08 Å². The fourth-order valence-electron chi connectivity index (χ4n) is 2.22. The summed E-state index contributed by atoms with van der Waals surface area (Å²) in [5, 5.41) is 0. The third-order valence-electron chi connectivity index (χ3n) is 3.69. The summed E-state index contributed by atoms with van der Waals surface area (Å²) in [4.78, 5) is 13.8. The maximum absolute atomic E-state index is 12.0. The Balaban J connectivity index is 2.07. The number of rotatable bonds is 2. The molecule has 1 amide bonds. The Bertz CT molecular complexity index is 476. The van der Waals surface area contributed by atoms with Gasteiger partial charge in [0.25, 0.3) is 0 Å². The van der Waals surface area contributed by atoms with Crippen LogP contribution in [0, 0.1) is 20.8 Å². The molecule has 0 spiro atoms. The van der Waals surface area contributed by atoms with Crippen molar-refractivity contribution in [1.29, 1.82) is 0 Å². The van der Waals surface area contributed by atoms with Crippen molar-refractivity contribution in [2.75, 3.05) is 26.3 Å². The summed E-state index contributed by atoms with van der Waals surface area (Å²) in [6.45, 7) is 8.99. The van der Waals surface area contributed by atoms with Gasteiger partial charge in [-0.25, -0.2) is 0 Å². The molecule has 1 aromatic rings. The molecule has 2 rings (SSSR count). The first-order valence-electron chi connectivity index (χ1n) is 6.70. The van der Waals surface area contributed by atoms with E-state index in [1.807, 2.05) is 11.0 Å². The van der Waals surface area contributed by atoms with Gasteiger partial charge in [0.1, 0.15) is 0 Å². The fraction of sp³-hybridized carbons (Fsp3) is 0.438. The number of nitrogens with zero attached hydrogens (tertiary/aromatic N) is 1. The van der Waals surface area contributed by atoms with Crippen molar-refractivity contribution in [1.82, 2.24) is 4.90 Å². The van der Waals surface area contributed by atoms with E-state index in [-0.39, 0.29) is 5.91 Å². The van der Waals surface area contributed by atoms with Crippen molar-refractivity contribution >= 4 is 12.0 Å². The number of carbonyl (C=O) groups excluding carboxylic acids is 1. The van der Waals surface area contributed by atoms with Gasteiger partial charge in [0.2, 0.25) is 5.91 Å². The van der Waals surface area contributed by atoms with Crippen molar-refractivity contribution in [3.05, 3.63) is 40.5 Å². The average Bonchev–Trinajstić information content (AvgIpc) is 2.43.